The first-order valence-corrected chi connectivity index (χ1v) is 12.1. The van der Waals surface area contributed by atoms with E-state index in [2.05, 4.69) is 15.6 Å². The monoisotopic (exact) mass is 465 g/mol. The van der Waals surface area contributed by atoms with Crippen molar-refractivity contribution in [3.63, 3.8) is 0 Å². The molecule has 4 aliphatic rings. The highest BCUT2D eigenvalue weighted by molar-refractivity contribution is 5.90. The molecule has 0 spiro atoms. The third-order valence-corrected chi connectivity index (χ3v) is 7.72. The molecule has 33 heavy (non-hydrogen) atoms. The van der Waals surface area contributed by atoms with Gasteiger partial charge in [0.15, 0.2) is 0 Å². The topological polar surface area (TPSA) is 100 Å². The lowest BCUT2D eigenvalue weighted by molar-refractivity contribution is -0.144. The van der Waals surface area contributed by atoms with Crippen LogP contribution in [0.15, 0.2) is 6.20 Å². The number of β-amino-alcohol motifs (C(OH)–C–C–N with tert-alkyl or cyclic N) is 1. The highest BCUT2D eigenvalue weighted by Crippen LogP contribution is 2.57. The fraction of sp³-hybridized carbons (Fsp3) is 0.826. The Morgan fingerprint density at radius 3 is 2.64 bits per heavy atom. The molecule has 3 aliphatic carbocycles. The van der Waals surface area contributed by atoms with Crippen LogP contribution in [0.2, 0.25) is 0 Å². The minimum atomic E-state index is -2.75. The molecule has 4 fully saturated rings. The predicted molar refractivity (Wildman–Crippen MR) is 114 cm³/mol. The number of amides is 2. The number of rotatable bonds is 5. The molecule has 5 rings (SSSR count). The van der Waals surface area contributed by atoms with E-state index in [9.17, 15) is 23.5 Å². The first kappa shape index (κ1) is 22.7. The molecule has 2 amide bonds. The number of likely N-dealkylation sites (tertiary alicyclic amines) is 1. The molecule has 1 aromatic heterocycles. The van der Waals surface area contributed by atoms with Crippen molar-refractivity contribution in [2.24, 2.45) is 17.3 Å². The Kier molecular flexibility index (Phi) is 5.30. The van der Waals surface area contributed by atoms with E-state index < -0.39 is 47.4 Å². The number of alkyl halides is 2. The number of carbonyl (C=O) groups is 2. The summed E-state index contributed by atoms with van der Waals surface area (Å²) in [6.07, 6.45) is 4.20. The summed E-state index contributed by atoms with van der Waals surface area (Å²) in [7, 11) is 0. The van der Waals surface area contributed by atoms with Gasteiger partial charge in [0.25, 0.3) is 5.92 Å². The fourth-order valence-electron chi connectivity index (χ4n) is 5.83. The van der Waals surface area contributed by atoms with E-state index in [1.165, 1.54) is 4.90 Å². The Hall–Kier alpha value is -2.10. The normalized spacial score (nSPS) is 34.0. The molecule has 0 bridgehead atoms. The maximum atomic E-state index is 14.2. The lowest BCUT2D eigenvalue weighted by atomic mass is 9.85. The first-order chi connectivity index (χ1) is 15.5. The van der Waals surface area contributed by atoms with Crippen LogP contribution in [0.4, 0.5) is 8.78 Å². The van der Waals surface area contributed by atoms with Crippen molar-refractivity contribution < 1.29 is 23.5 Å². The number of aliphatic hydroxyl groups excluding tert-OH is 1. The number of fused-ring (bicyclic) bond motifs is 1. The van der Waals surface area contributed by atoms with E-state index in [-0.39, 0.29) is 31.2 Å². The third-order valence-electron chi connectivity index (χ3n) is 7.72. The summed E-state index contributed by atoms with van der Waals surface area (Å²) in [6.45, 7) is 5.80. The van der Waals surface area contributed by atoms with Gasteiger partial charge < -0.3 is 15.3 Å². The molecule has 2 N–H and O–H groups in total. The Morgan fingerprint density at radius 1 is 1.27 bits per heavy atom. The average molecular weight is 466 g/mol. The lowest BCUT2D eigenvalue weighted by Gasteiger charge is -2.34. The molecule has 6 atom stereocenters. The number of aromatic nitrogens is 3. The van der Waals surface area contributed by atoms with Crippen LogP contribution in [0.25, 0.3) is 0 Å². The molecule has 8 nitrogen and oxygen atoms in total. The molecule has 1 aliphatic heterocycles. The van der Waals surface area contributed by atoms with Gasteiger partial charge in [-0.3, -0.25) is 9.59 Å². The van der Waals surface area contributed by atoms with Crippen LogP contribution in [-0.4, -0.2) is 67.5 Å². The van der Waals surface area contributed by atoms with Crippen molar-refractivity contribution in [3.05, 3.63) is 11.9 Å². The first-order valence-electron chi connectivity index (χ1n) is 12.1. The van der Waals surface area contributed by atoms with Crippen LogP contribution in [0.5, 0.6) is 0 Å². The van der Waals surface area contributed by atoms with Crippen LogP contribution >= 0.6 is 0 Å². The van der Waals surface area contributed by atoms with Gasteiger partial charge in [0, 0.05) is 43.5 Å². The van der Waals surface area contributed by atoms with Gasteiger partial charge in [-0.2, -0.15) is 0 Å². The molecule has 10 heteroatoms. The Bertz CT molecular complexity index is 941. The second kappa shape index (κ2) is 7.71. The second-order valence-corrected chi connectivity index (χ2v) is 11.4. The van der Waals surface area contributed by atoms with E-state index in [4.69, 9.17) is 0 Å². The molecule has 0 radical (unpaired) electrons. The van der Waals surface area contributed by atoms with Crippen molar-refractivity contribution >= 4 is 11.8 Å². The SMILES string of the molecule is CC(C)(C)[C@@H](C(=O)N1C[C@H](O)C[C@H]1C(=O)NC1C2CCCC(F)(F)C21)n1cc(C2CC2)nn1. The van der Waals surface area contributed by atoms with Crippen molar-refractivity contribution in [1.29, 1.82) is 0 Å². The predicted octanol–water partition coefficient (Wildman–Crippen LogP) is 2.25. The molecule has 0 aromatic carbocycles. The standard InChI is InChI=1S/C23H33F2N5O3/c1-22(2,3)19(30-11-15(27-28-30)12-6-7-12)21(33)29-10-13(31)9-16(29)20(32)26-18-14-5-4-8-23(24,25)17(14)18/h11-14,16-19,31H,4-10H2,1-3H3,(H,26,32)/t13-,14?,16+,17?,18?,19-/m1/s1. The van der Waals surface area contributed by atoms with Crippen molar-refractivity contribution in [1.82, 2.24) is 25.2 Å². The van der Waals surface area contributed by atoms with Gasteiger partial charge in [0.05, 0.1) is 11.8 Å². The summed E-state index contributed by atoms with van der Waals surface area (Å²) in [5, 5.41) is 21.6. The molecule has 2 heterocycles. The van der Waals surface area contributed by atoms with Crippen LogP contribution in [0.3, 0.4) is 0 Å². The van der Waals surface area contributed by atoms with Crippen molar-refractivity contribution in [2.45, 2.75) is 95.4 Å². The fourth-order valence-corrected chi connectivity index (χ4v) is 5.83. The molecule has 1 saturated heterocycles. The Labute approximate surface area is 192 Å². The zero-order valence-corrected chi connectivity index (χ0v) is 19.4. The number of nitrogens with one attached hydrogen (secondary N) is 1. The highest BCUT2D eigenvalue weighted by atomic mass is 19.3. The highest BCUT2D eigenvalue weighted by Gasteiger charge is 2.65. The van der Waals surface area contributed by atoms with E-state index >= 15 is 0 Å². The maximum absolute atomic E-state index is 14.2. The molecule has 182 valence electrons. The van der Waals surface area contributed by atoms with Crippen LogP contribution in [-0.2, 0) is 9.59 Å². The maximum Gasteiger partial charge on any atom is 0.253 e. The Morgan fingerprint density at radius 2 is 2.00 bits per heavy atom. The van der Waals surface area contributed by atoms with Crippen LogP contribution in [0.1, 0.15) is 76.9 Å². The van der Waals surface area contributed by atoms with E-state index in [1.54, 1.807) is 4.68 Å². The zero-order valence-electron chi connectivity index (χ0n) is 19.4. The Balaban J connectivity index is 1.33. The van der Waals surface area contributed by atoms with Gasteiger partial charge in [-0.1, -0.05) is 26.0 Å². The molecular formula is C23H33F2N5O3. The molecule has 1 aromatic rings. The third kappa shape index (κ3) is 4.15. The smallest absolute Gasteiger partial charge is 0.253 e. The summed E-state index contributed by atoms with van der Waals surface area (Å²) >= 11 is 0. The number of carbonyl (C=O) groups excluding carboxylic acids is 2. The van der Waals surface area contributed by atoms with Gasteiger partial charge in [-0.05, 0) is 37.0 Å². The van der Waals surface area contributed by atoms with E-state index in [1.807, 2.05) is 27.0 Å². The van der Waals surface area contributed by atoms with Gasteiger partial charge in [-0.25, -0.2) is 13.5 Å². The number of nitrogens with zero attached hydrogens (tertiary/aromatic N) is 4. The van der Waals surface area contributed by atoms with Gasteiger partial charge >= 0.3 is 0 Å². The molecule has 3 unspecified atom stereocenters. The minimum Gasteiger partial charge on any atom is -0.391 e. The summed E-state index contributed by atoms with van der Waals surface area (Å²) in [5.74, 6) is -4.16. The lowest BCUT2D eigenvalue weighted by Crippen LogP contribution is -2.51. The number of aliphatic hydroxyl groups is 1. The van der Waals surface area contributed by atoms with Gasteiger partial charge in [-0.15, -0.1) is 5.10 Å². The quantitative estimate of drug-likeness (QED) is 0.695. The number of halogens is 2. The summed E-state index contributed by atoms with van der Waals surface area (Å²) in [6, 6.07) is -2.15. The molecular weight excluding hydrogens is 432 g/mol. The largest absolute Gasteiger partial charge is 0.391 e. The van der Waals surface area contributed by atoms with Crippen LogP contribution in [0, 0.1) is 17.3 Å². The van der Waals surface area contributed by atoms with Gasteiger partial charge in [0.1, 0.15) is 12.1 Å². The van der Waals surface area contributed by atoms with Gasteiger partial charge in [0.2, 0.25) is 11.8 Å². The second-order valence-electron chi connectivity index (χ2n) is 11.4. The summed E-state index contributed by atoms with van der Waals surface area (Å²) < 4.78 is 30.0. The molecule has 3 saturated carbocycles. The van der Waals surface area contributed by atoms with E-state index in [0.29, 0.717) is 18.8 Å². The zero-order chi connectivity index (χ0) is 23.7. The average Bonchev–Trinajstić information content (AvgIpc) is 3.59. The summed E-state index contributed by atoms with van der Waals surface area (Å²) in [4.78, 5) is 28.3. The number of hydrogen-bond donors (Lipinski definition) is 2. The van der Waals surface area contributed by atoms with E-state index in [0.717, 1.165) is 18.5 Å². The minimum absolute atomic E-state index is 0.0291. The van der Waals surface area contributed by atoms with Crippen LogP contribution < -0.4 is 5.32 Å². The number of hydrogen-bond acceptors (Lipinski definition) is 5. The van der Waals surface area contributed by atoms with Crippen molar-refractivity contribution in [2.75, 3.05) is 6.54 Å². The summed E-state index contributed by atoms with van der Waals surface area (Å²) in [5.41, 5.74) is 0.346. The van der Waals surface area contributed by atoms with Crippen molar-refractivity contribution in [3.8, 4) is 0 Å².